The Morgan fingerprint density at radius 3 is 2.76 bits per heavy atom. The second kappa shape index (κ2) is 5.45. The van der Waals surface area contributed by atoms with E-state index in [0.717, 1.165) is 0 Å². The van der Waals surface area contributed by atoms with Gasteiger partial charge >= 0.3 is 0 Å². The van der Waals surface area contributed by atoms with E-state index in [9.17, 15) is 14.9 Å². The van der Waals surface area contributed by atoms with Gasteiger partial charge < -0.3 is 5.32 Å². The van der Waals surface area contributed by atoms with Crippen molar-refractivity contribution in [2.75, 3.05) is 0 Å². The van der Waals surface area contributed by atoms with E-state index in [2.05, 4.69) is 11.9 Å². The third-order valence-corrected chi connectivity index (χ3v) is 2.42. The minimum atomic E-state index is -0.601. The highest BCUT2D eigenvalue weighted by Crippen LogP contribution is 2.24. The van der Waals surface area contributed by atoms with Gasteiger partial charge in [-0.3, -0.25) is 14.9 Å². The fourth-order valence-electron chi connectivity index (χ4n) is 1.15. The molecule has 1 N–H and O–H groups in total. The van der Waals surface area contributed by atoms with Crippen LogP contribution in [0.4, 0.5) is 5.69 Å². The molecule has 0 bridgehead atoms. The summed E-state index contributed by atoms with van der Waals surface area (Å²) < 4.78 is 0. The number of hydrogen-bond acceptors (Lipinski definition) is 3. The zero-order valence-corrected chi connectivity index (χ0v) is 9.90. The molecule has 6 heteroatoms. The first-order valence-corrected chi connectivity index (χ1v) is 5.21. The van der Waals surface area contributed by atoms with E-state index in [4.69, 9.17) is 11.6 Å². The number of nitrogens with zero attached hydrogens (tertiary/aromatic N) is 1. The summed E-state index contributed by atoms with van der Waals surface area (Å²) >= 11 is 5.70. The van der Waals surface area contributed by atoms with Gasteiger partial charge in [0.05, 0.1) is 4.92 Å². The monoisotopic (exact) mass is 254 g/mol. The molecule has 1 atom stereocenters. The Bertz CT molecular complexity index is 474. The minimum absolute atomic E-state index is 0.0612. The van der Waals surface area contributed by atoms with Gasteiger partial charge in [-0.1, -0.05) is 17.7 Å². The number of halogens is 1. The molecule has 1 rings (SSSR count). The zero-order chi connectivity index (χ0) is 13.0. The summed E-state index contributed by atoms with van der Waals surface area (Å²) in [6, 6.07) is 3.65. The number of benzene rings is 1. The quantitative estimate of drug-likeness (QED) is 0.510. The van der Waals surface area contributed by atoms with Crippen LogP contribution in [0.25, 0.3) is 0 Å². The Kier molecular flexibility index (Phi) is 4.23. The maximum Gasteiger partial charge on any atom is 0.287 e. The van der Waals surface area contributed by atoms with Crippen LogP contribution in [0.3, 0.4) is 0 Å². The average molecular weight is 255 g/mol. The molecule has 0 saturated heterocycles. The third-order valence-electron chi connectivity index (χ3n) is 2.12. The van der Waals surface area contributed by atoms with Crippen LogP contribution in [-0.4, -0.2) is 16.9 Å². The van der Waals surface area contributed by atoms with Crippen molar-refractivity contribution in [1.29, 1.82) is 0 Å². The molecular weight excluding hydrogens is 244 g/mol. The van der Waals surface area contributed by atoms with Crippen LogP contribution in [0.2, 0.25) is 5.02 Å². The van der Waals surface area contributed by atoms with Crippen molar-refractivity contribution in [1.82, 2.24) is 5.32 Å². The molecule has 0 spiro atoms. The van der Waals surface area contributed by atoms with Crippen molar-refractivity contribution >= 4 is 23.2 Å². The van der Waals surface area contributed by atoms with Crippen LogP contribution in [0, 0.1) is 10.1 Å². The lowest BCUT2D eigenvalue weighted by molar-refractivity contribution is -0.384. The van der Waals surface area contributed by atoms with Crippen molar-refractivity contribution in [3.05, 3.63) is 51.6 Å². The van der Waals surface area contributed by atoms with Gasteiger partial charge in [-0.15, -0.1) is 6.58 Å². The van der Waals surface area contributed by atoms with Gasteiger partial charge in [0.15, 0.2) is 0 Å². The van der Waals surface area contributed by atoms with E-state index in [0.29, 0.717) is 0 Å². The fraction of sp³-hybridized carbons (Fsp3) is 0.182. The largest absolute Gasteiger partial charge is 0.346 e. The Balaban J connectivity index is 2.94. The molecule has 0 fully saturated rings. The maximum atomic E-state index is 11.7. The Labute approximate surface area is 103 Å². The predicted octanol–water partition coefficient (Wildman–Crippen LogP) is 2.55. The van der Waals surface area contributed by atoms with E-state index in [1.54, 1.807) is 13.0 Å². The first-order chi connectivity index (χ1) is 7.95. The van der Waals surface area contributed by atoms with Gasteiger partial charge in [-0.25, -0.2) is 0 Å². The van der Waals surface area contributed by atoms with Crippen molar-refractivity contribution < 1.29 is 9.72 Å². The van der Waals surface area contributed by atoms with Crippen molar-refractivity contribution in [3.63, 3.8) is 0 Å². The minimum Gasteiger partial charge on any atom is -0.346 e. The number of nitrogens with one attached hydrogen (secondary N) is 1. The maximum absolute atomic E-state index is 11.7. The van der Waals surface area contributed by atoms with Crippen LogP contribution in [0.5, 0.6) is 0 Å². The highest BCUT2D eigenvalue weighted by molar-refractivity contribution is 6.33. The molecule has 1 aromatic carbocycles. The lowest BCUT2D eigenvalue weighted by atomic mass is 10.2. The molecule has 0 aliphatic carbocycles. The van der Waals surface area contributed by atoms with Gasteiger partial charge in [0.2, 0.25) is 0 Å². The number of carbonyl (C=O) groups is 1. The van der Waals surface area contributed by atoms with E-state index >= 15 is 0 Å². The molecule has 0 heterocycles. The zero-order valence-electron chi connectivity index (χ0n) is 9.14. The third kappa shape index (κ3) is 3.29. The Morgan fingerprint density at radius 2 is 2.29 bits per heavy atom. The average Bonchev–Trinajstić information content (AvgIpc) is 2.28. The van der Waals surface area contributed by atoms with Crippen molar-refractivity contribution in [3.8, 4) is 0 Å². The summed E-state index contributed by atoms with van der Waals surface area (Å²) in [5.74, 6) is -0.353. The summed E-state index contributed by atoms with van der Waals surface area (Å²) in [4.78, 5) is 21.6. The molecule has 0 aliphatic rings. The van der Waals surface area contributed by atoms with Crippen LogP contribution in [-0.2, 0) is 0 Å². The van der Waals surface area contributed by atoms with E-state index in [1.807, 2.05) is 0 Å². The SMILES string of the molecule is C=CC(C)NC(=O)c1ccc([N+](=O)[O-])c(Cl)c1. The molecule has 17 heavy (non-hydrogen) atoms. The molecule has 0 radical (unpaired) electrons. The number of nitro benzene ring substituents is 1. The van der Waals surface area contributed by atoms with Gasteiger partial charge in [0, 0.05) is 17.7 Å². The summed E-state index contributed by atoms with van der Waals surface area (Å²) in [7, 11) is 0. The van der Waals surface area contributed by atoms with Crippen LogP contribution in [0.15, 0.2) is 30.9 Å². The first kappa shape index (κ1) is 13.2. The van der Waals surface area contributed by atoms with Crippen LogP contribution in [0.1, 0.15) is 17.3 Å². The Hall–Kier alpha value is -1.88. The fourth-order valence-corrected chi connectivity index (χ4v) is 1.39. The molecule has 0 aliphatic heterocycles. The number of carbonyl (C=O) groups excluding carboxylic acids is 1. The topological polar surface area (TPSA) is 72.2 Å². The second-order valence-corrected chi connectivity index (χ2v) is 3.83. The standard InChI is InChI=1S/C11H11ClN2O3/c1-3-7(2)13-11(15)8-4-5-10(14(16)17)9(12)6-8/h3-7H,1H2,2H3,(H,13,15). The lowest BCUT2D eigenvalue weighted by Crippen LogP contribution is -2.30. The van der Waals surface area contributed by atoms with Gasteiger partial charge in [0.1, 0.15) is 5.02 Å². The summed E-state index contributed by atoms with van der Waals surface area (Å²) in [6.07, 6.45) is 1.57. The summed E-state index contributed by atoms with van der Waals surface area (Å²) in [5, 5.41) is 13.1. The molecule has 0 saturated carbocycles. The van der Waals surface area contributed by atoms with Gasteiger partial charge in [-0.2, -0.15) is 0 Å². The highest BCUT2D eigenvalue weighted by Gasteiger charge is 2.15. The first-order valence-electron chi connectivity index (χ1n) is 4.83. The van der Waals surface area contributed by atoms with Crippen LogP contribution < -0.4 is 5.32 Å². The highest BCUT2D eigenvalue weighted by atomic mass is 35.5. The van der Waals surface area contributed by atoms with Gasteiger partial charge in [-0.05, 0) is 19.1 Å². The Morgan fingerprint density at radius 1 is 1.65 bits per heavy atom. The van der Waals surface area contributed by atoms with Crippen molar-refractivity contribution in [2.24, 2.45) is 0 Å². The lowest BCUT2D eigenvalue weighted by Gasteiger charge is -2.09. The second-order valence-electron chi connectivity index (χ2n) is 3.42. The van der Waals surface area contributed by atoms with Crippen LogP contribution >= 0.6 is 11.6 Å². The molecule has 1 amide bonds. The molecule has 90 valence electrons. The molecule has 1 aromatic rings. The summed E-state index contributed by atoms with van der Waals surface area (Å²) in [6.45, 7) is 5.29. The number of rotatable bonds is 4. The molecule has 1 unspecified atom stereocenters. The van der Waals surface area contributed by atoms with Gasteiger partial charge in [0.25, 0.3) is 11.6 Å². The van der Waals surface area contributed by atoms with E-state index in [-0.39, 0.29) is 28.2 Å². The summed E-state index contributed by atoms with van der Waals surface area (Å²) in [5.41, 5.74) is 0.0503. The number of nitro groups is 1. The molecular formula is C11H11ClN2O3. The van der Waals surface area contributed by atoms with E-state index in [1.165, 1.54) is 18.2 Å². The predicted molar refractivity (Wildman–Crippen MR) is 65.2 cm³/mol. The normalized spacial score (nSPS) is 11.6. The smallest absolute Gasteiger partial charge is 0.287 e. The number of hydrogen-bond donors (Lipinski definition) is 1. The molecule has 0 aromatic heterocycles. The molecule has 5 nitrogen and oxygen atoms in total. The number of amides is 1. The van der Waals surface area contributed by atoms with E-state index < -0.39 is 4.92 Å². The van der Waals surface area contributed by atoms with Crippen molar-refractivity contribution in [2.45, 2.75) is 13.0 Å².